The normalized spacial score (nSPS) is 16.1. The molecule has 3 rings (SSSR count). The van der Waals surface area contributed by atoms with Gasteiger partial charge >= 0.3 is 5.97 Å². The van der Waals surface area contributed by atoms with Crippen LogP contribution in [-0.2, 0) is 9.53 Å². The van der Waals surface area contributed by atoms with Crippen molar-refractivity contribution in [2.24, 2.45) is 0 Å². The molecule has 1 aliphatic rings. The van der Waals surface area contributed by atoms with Crippen LogP contribution in [0, 0.1) is 0 Å². The molecule has 0 amide bonds. The molecule has 0 radical (unpaired) electrons. The average molecular weight is 374 g/mol. The molecule has 0 spiro atoms. The quantitative estimate of drug-likeness (QED) is 0.614. The van der Waals surface area contributed by atoms with Gasteiger partial charge in [0.25, 0.3) is 0 Å². The molecule has 8 heteroatoms. The molecule has 1 N–H and O–H groups in total. The van der Waals surface area contributed by atoms with Crippen LogP contribution < -0.4 is 10.1 Å². The number of aromatic nitrogens is 3. The van der Waals surface area contributed by atoms with Crippen molar-refractivity contribution in [1.82, 2.24) is 14.8 Å². The third kappa shape index (κ3) is 3.29. The summed E-state index contributed by atoms with van der Waals surface area (Å²) in [5.41, 5.74) is 2.26. The summed E-state index contributed by atoms with van der Waals surface area (Å²) < 4.78 is 12.3. The molecule has 0 saturated carbocycles. The van der Waals surface area contributed by atoms with E-state index < -0.39 is 6.04 Å². The van der Waals surface area contributed by atoms with E-state index >= 15 is 0 Å². The van der Waals surface area contributed by atoms with E-state index in [0.717, 1.165) is 17.0 Å². The van der Waals surface area contributed by atoms with Crippen LogP contribution in [0.5, 0.6) is 5.75 Å². The van der Waals surface area contributed by atoms with Crippen molar-refractivity contribution in [2.45, 2.75) is 31.5 Å². The molecule has 26 heavy (non-hydrogen) atoms. The molecule has 138 valence electrons. The number of fused-ring (bicyclic) bond motifs is 1. The fourth-order valence-electron chi connectivity index (χ4n) is 2.99. The molecule has 1 aliphatic heterocycles. The van der Waals surface area contributed by atoms with Gasteiger partial charge in [0.2, 0.25) is 11.1 Å². The fraction of sp³-hybridized carbons (Fsp3) is 0.389. The number of carbonyl (C=O) groups excluding carboxylic acids is 1. The lowest BCUT2D eigenvalue weighted by Gasteiger charge is -2.28. The lowest BCUT2D eigenvalue weighted by atomic mass is 9.94. The largest absolute Gasteiger partial charge is 0.494 e. The molecule has 2 aromatic rings. The van der Waals surface area contributed by atoms with E-state index in [1.54, 1.807) is 4.68 Å². The minimum Gasteiger partial charge on any atom is -0.494 e. The van der Waals surface area contributed by atoms with Crippen molar-refractivity contribution >= 4 is 23.7 Å². The van der Waals surface area contributed by atoms with Gasteiger partial charge in [-0.15, -0.1) is 5.10 Å². The number of hydrogen-bond acceptors (Lipinski definition) is 7. The minimum absolute atomic E-state index is 0.375. The predicted molar refractivity (Wildman–Crippen MR) is 101 cm³/mol. The number of thioether (sulfide) groups is 1. The Morgan fingerprint density at radius 1 is 1.31 bits per heavy atom. The van der Waals surface area contributed by atoms with Crippen LogP contribution in [-0.4, -0.2) is 40.7 Å². The first-order valence-corrected chi connectivity index (χ1v) is 9.67. The monoisotopic (exact) mass is 374 g/mol. The first-order chi connectivity index (χ1) is 12.6. The number of anilines is 1. The Morgan fingerprint density at radius 2 is 2.04 bits per heavy atom. The lowest BCUT2D eigenvalue weighted by Crippen LogP contribution is -2.30. The van der Waals surface area contributed by atoms with Crippen LogP contribution in [0.1, 0.15) is 31.9 Å². The Morgan fingerprint density at radius 3 is 2.62 bits per heavy atom. The number of nitrogens with zero attached hydrogens (tertiary/aromatic N) is 3. The van der Waals surface area contributed by atoms with Crippen molar-refractivity contribution in [3.63, 3.8) is 0 Å². The topological polar surface area (TPSA) is 78.3 Å². The van der Waals surface area contributed by atoms with Crippen LogP contribution >= 0.6 is 11.8 Å². The molecule has 7 nitrogen and oxygen atoms in total. The summed E-state index contributed by atoms with van der Waals surface area (Å²) >= 11 is 1.46. The second-order valence-corrected chi connectivity index (χ2v) is 6.41. The summed E-state index contributed by atoms with van der Waals surface area (Å²) in [6, 6.07) is 7.28. The Kier molecular flexibility index (Phi) is 5.51. The average Bonchev–Trinajstić information content (AvgIpc) is 3.09. The Hall–Kier alpha value is -2.48. The van der Waals surface area contributed by atoms with Gasteiger partial charge in [-0.3, -0.25) is 0 Å². The van der Waals surface area contributed by atoms with Crippen molar-refractivity contribution in [3.05, 3.63) is 41.1 Å². The van der Waals surface area contributed by atoms with E-state index in [-0.39, 0.29) is 5.97 Å². The number of methoxy groups -OCH3 is 1. The van der Waals surface area contributed by atoms with Gasteiger partial charge in [0, 0.05) is 5.70 Å². The number of carbonyl (C=O) groups is 1. The van der Waals surface area contributed by atoms with Crippen molar-refractivity contribution < 1.29 is 14.3 Å². The minimum atomic E-state index is -0.405. The second-order valence-electron chi connectivity index (χ2n) is 5.63. The van der Waals surface area contributed by atoms with Crippen LogP contribution in [0.15, 0.2) is 40.7 Å². The summed E-state index contributed by atoms with van der Waals surface area (Å²) in [6.07, 6.45) is 2.57. The highest BCUT2D eigenvalue weighted by Gasteiger charge is 2.35. The number of rotatable bonds is 6. The molecular formula is C18H22N4O3S. The summed E-state index contributed by atoms with van der Waals surface area (Å²) in [5, 5.41) is 8.43. The first-order valence-electron chi connectivity index (χ1n) is 8.44. The molecule has 0 bridgehead atoms. The molecule has 2 heterocycles. The highest BCUT2D eigenvalue weighted by Crippen LogP contribution is 2.37. The maximum absolute atomic E-state index is 12.6. The second kappa shape index (κ2) is 7.82. The Balaban J connectivity index is 2.14. The highest BCUT2D eigenvalue weighted by atomic mass is 32.2. The van der Waals surface area contributed by atoms with Gasteiger partial charge in [-0.25, -0.2) is 9.48 Å². The number of nitrogens with one attached hydrogen (secondary N) is 1. The molecule has 1 unspecified atom stereocenters. The third-order valence-electron chi connectivity index (χ3n) is 4.17. The van der Waals surface area contributed by atoms with Gasteiger partial charge in [-0.2, -0.15) is 4.98 Å². The molecule has 0 fully saturated rings. The first kappa shape index (κ1) is 18.3. The van der Waals surface area contributed by atoms with Gasteiger partial charge in [0.15, 0.2) is 0 Å². The van der Waals surface area contributed by atoms with E-state index in [0.29, 0.717) is 29.7 Å². The smallest absolute Gasteiger partial charge is 0.338 e. The van der Waals surface area contributed by atoms with E-state index in [4.69, 9.17) is 9.47 Å². The van der Waals surface area contributed by atoms with Crippen LogP contribution in [0.25, 0.3) is 0 Å². The highest BCUT2D eigenvalue weighted by molar-refractivity contribution is 7.98. The van der Waals surface area contributed by atoms with Crippen molar-refractivity contribution in [3.8, 4) is 5.75 Å². The predicted octanol–water partition coefficient (Wildman–Crippen LogP) is 3.25. The van der Waals surface area contributed by atoms with Gasteiger partial charge in [-0.1, -0.05) is 30.8 Å². The van der Waals surface area contributed by atoms with Gasteiger partial charge < -0.3 is 14.8 Å². The van der Waals surface area contributed by atoms with E-state index in [1.165, 1.54) is 18.9 Å². The summed E-state index contributed by atoms with van der Waals surface area (Å²) in [7, 11) is 1.39. The number of allylic oxidation sites excluding steroid dienone is 1. The molecule has 1 aromatic heterocycles. The number of hydrogen-bond donors (Lipinski definition) is 1. The Labute approximate surface area is 156 Å². The third-order valence-corrected chi connectivity index (χ3v) is 4.70. The number of benzene rings is 1. The summed E-state index contributed by atoms with van der Waals surface area (Å²) in [6.45, 7) is 4.53. The summed E-state index contributed by atoms with van der Waals surface area (Å²) in [5.74, 6) is 1.03. The maximum Gasteiger partial charge on any atom is 0.338 e. The van der Waals surface area contributed by atoms with E-state index in [9.17, 15) is 4.79 Å². The van der Waals surface area contributed by atoms with Crippen molar-refractivity contribution in [1.29, 1.82) is 0 Å². The molecule has 1 aromatic carbocycles. The molecule has 1 atom stereocenters. The zero-order chi connectivity index (χ0) is 18.7. The lowest BCUT2D eigenvalue weighted by molar-refractivity contribution is -0.136. The SMILES string of the molecule is CCOc1ccc(C2C(C(=O)OC)=C(CC)Nc3nc(SC)nn32)cc1. The van der Waals surface area contributed by atoms with Gasteiger partial charge in [0.05, 0.1) is 19.3 Å². The van der Waals surface area contributed by atoms with Gasteiger partial charge in [-0.05, 0) is 37.3 Å². The number of esters is 1. The van der Waals surface area contributed by atoms with E-state index in [2.05, 4.69) is 15.4 Å². The van der Waals surface area contributed by atoms with Gasteiger partial charge in [0.1, 0.15) is 11.8 Å². The standard InChI is InChI=1S/C18H22N4O3S/c1-5-13-14(16(23)24-3)15(11-7-9-12(10-8-11)25-6-2)22-17(19-13)20-18(21-22)26-4/h7-10,15H,5-6H2,1-4H3,(H,19,20,21). The zero-order valence-corrected chi connectivity index (χ0v) is 16.1. The van der Waals surface area contributed by atoms with Crippen LogP contribution in [0.2, 0.25) is 0 Å². The molecule has 0 aliphatic carbocycles. The van der Waals surface area contributed by atoms with Crippen LogP contribution in [0.3, 0.4) is 0 Å². The van der Waals surface area contributed by atoms with Crippen LogP contribution in [0.4, 0.5) is 5.95 Å². The maximum atomic E-state index is 12.6. The van der Waals surface area contributed by atoms with E-state index in [1.807, 2.05) is 44.4 Å². The molecule has 0 saturated heterocycles. The Bertz CT molecular complexity index is 829. The zero-order valence-electron chi connectivity index (χ0n) is 15.3. The fourth-order valence-corrected chi connectivity index (χ4v) is 3.34. The summed E-state index contributed by atoms with van der Waals surface area (Å²) in [4.78, 5) is 17.1. The van der Waals surface area contributed by atoms with Crippen molar-refractivity contribution in [2.75, 3.05) is 25.3 Å². The number of ether oxygens (including phenoxy) is 2. The molecular weight excluding hydrogens is 352 g/mol.